The molecule has 2 amide bonds. The van der Waals surface area contributed by atoms with Crippen molar-refractivity contribution in [2.75, 3.05) is 23.3 Å². The smallest absolute Gasteiger partial charge is 0.320 e. The minimum atomic E-state index is -0.222. The lowest BCUT2D eigenvalue weighted by atomic mass is 10.1. The molecule has 3 heterocycles. The van der Waals surface area contributed by atoms with Crippen LogP contribution in [0, 0.1) is 0 Å². The van der Waals surface area contributed by atoms with Crippen LogP contribution >= 0.6 is 11.3 Å². The molecular weight excluding hydrogens is 298 g/mol. The quantitative estimate of drug-likeness (QED) is 0.910. The molecule has 116 valence electrons. The first-order valence-electron chi connectivity index (χ1n) is 7.46. The Morgan fingerprint density at radius 3 is 2.91 bits per heavy atom. The predicted octanol–water partition coefficient (Wildman–Crippen LogP) is 2.85. The highest BCUT2D eigenvalue weighted by Crippen LogP contribution is 2.16. The fraction of sp³-hybridized carbons (Fsp3) is 0.400. The van der Waals surface area contributed by atoms with E-state index in [1.54, 1.807) is 6.20 Å². The van der Waals surface area contributed by atoms with Crippen molar-refractivity contribution in [3.05, 3.63) is 35.5 Å². The average molecular weight is 317 g/mol. The summed E-state index contributed by atoms with van der Waals surface area (Å²) in [7, 11) is 0. The van der Waals surface area contributed by atoms with E-state index in [0.717, 1.165) is 29.7 Å². The number of aromatic nitrogens is 2. The van der Waals surface area contributed by atoms with Crippen LogP contribution in [0.1, 0.15) is 25.0 Å². The van der Waals surface area contributed by atoms with Crippen LogP contribution in [0.2, 0.25) is 0 Å². The van der Waals surface area contributed by atoms with Crippen LogP contribution in [0.25, 0.3) is 0 Å². The van der Waals surface area contributed by atoms with Gasteiger partial charge in [-0.25, -0.2) is 14.8 Å². The molecule has 0 unspecified atom stereocenters. The molecule has 0 atom stereocenters. The Morgan fingerprint density at radius 1 is 1.27 bits per heavy atom. The highest BCUT2D eigenvalue weighted by molar-refractivity contribution is 7.14. The third-order valence-corrected chi connectivity index (χ3v) is 4.31. The maximum Gasteiger partial charge on any atom is 0.320 e. The average Bonchev–Trinajstić information content (AvgIpc) is 3.07. The van der Waals surface area contributed by atoms with E-state index in [1.165, 1.54) is 30.6 Å². The Kier molecular flexibility index (Phi) is 4.85. The van der Waals surface area contributed by atoms with Crippen molar-refractivity contribution in [1.82, 2.24) is 15.3 Å². The molecular formula is C15H19N5OS. The third kappa shape index (κ3) is 3.94. The molecule has 0 aromatic carbocycles. The molecule has 0 radical (unpaired) electrons. The number of rotatable bonds is 4. The minimum absolute atomic E-state index is 0.222. The number of urea groups is 1. The summed E-state index contributed by atoms with van der Waals surface area (Å²) in [6.45, 7) is 2.41. The molecule has 22 heavy (non-hydrogen) atoms. The number of hydrogen-bond acceptors (Lipinski definition) is 5. The van der Waals surface area contributed by atoms with Crippen LogP contribution in [0.15, 0.2) is 29.8 Å². The van der Waals surface area contributed by atoms with Crippen LogP contribution in [-0.2, 0) is 6.54 Å². The van der Waals surface area contributed by atoms with Gasteiger partial charge in [0.05, 0.1) is 17.2 Å². The van der Waals surface area contributed by atoms with E-state index in [2.05, 4.69) is 25.5 Å². The van der Waals surface area contributed by atoms with Gasteiger partial charge in [0.25, 0.3) is 0 Å². The topological polar surface area (TPSA) is 70.2 Å². The lowest BCUT2D eigenvalue weighted by Crippen LogP contribution is -2.32. The van der Waals surface area contributed by atoms with Gasteiger partial charge in [-0.3, -0.25) is 5.32 Å². The SMILES string of the molecule is O=C(NCc1ccnc(N2CCCCC2)n1)Nc1cccs1. The van der Waals surface area contributed by atoms with Crippen molar-refractivity contribution < 1.29 is 4.79 Å². The van der Waals surface area contributed by atoms with E-state index in [9.17, 15) is 4.79 Å². The van der Waals surface area contributed by atoms with Crippen LogP contribution in [0.3, 0.4) is 0 Å². The van der Waals surface area contributed by atoms with Crippen molar-refractivity contribution in [2.24, 2.45) is 0 Å². The Labute approximate surface area is 133 Å². The number of hydrogen-bond donors (Lipinski definition) is 2. The second-order valence-electron chi connectivity index (χ2n) is 5.18. The number of amides is 2. The van der Waals surface area contributed by atoms with Gasteiger partial charge in [-0.05, 0) is 42.8 Å². The Bertz CT molecular complexity index is 610. The van der Waals surface area contributed by atoms with Crippen LogP contribution in [0.4, 0.5) is 15.7 Å². The van der Waals surface area contributed by atoms with E-state index < -0.39 is 0 Å². The summed E-state index contributed by atoms with van der Waals surface area (Å²) >= 11 is 1.49. The van der Waals surface area contributed by atoms with E-state index in [4.69, 9.17) is 0 Å². The predicted molar refractivity (Wildman–Crippen MR) is 88.3 cm³/mol. The summed E-state index contributed by atoms with van der Waals surface area (Å²) in [5.41, 5.74) is 0.817. The van der Waals surface area contributed by atoms with E-state index in [0.29, 0.717) is 6.54 Å². The number of carbonyl (C=O) groups is 1. The summed E-state index contributed by atoms with van der Waals surface area (Å²) in [5, 5.41) is 8.35. The molecule has 1 aliphatic heterocycles. The van der Waals surface area contributed by atoms with Crippen molar-refractivity contribution in [3.8, 4) is 0 Å². The van der Waals surface area contributed by atoms with Crippen molar-refractivity contribution in [1.29, 1.82) is 0 Å². The Balaban J connectivity index is 1.54. The Morgan fingerprint density at radius 2 is 2.14 bits per heavy atom. The molecule has 1 fully saturated rings. The molecule has 1 saturated heterocycles. The van der Waals surface area contributed by atoms with Crippen molar-refractivity contribution in [2.45, 2.75) is 25.8 Å². The number of carbonyl (C=O) groups excluding carboxylic acids is 1. The molecule has 1 aliphatic rings. The zero-order valence-electron chi connectivity index (χ0n) is 12.3. The van der Waals surface area contributed by atoms with Crippen LogP contribution in [0.5, 0.6) is 0 Å². The maximum absolute atomic E-state index is 11.8. The van der Waals surface area contributed by atoms with E-state index >= 15 is 0 Å². The molecule has 0 bridgehead atoms. The molecule has 2 aromatic rings. The first-order chi connectivity index (χ1) is 10.8. The largest absolute Gasteiger partial charge is 0.341 e. The summed E-state index contributed by atoms with van der Waals surface area (Å²) in [6.07, 6.45) is 5.41. The highest BCUT2D eigenvalue weighted by atomic mass is 32.1. The third-order valence-electron chi connectivity index (χ3n) is 3.53. The molecule has 2 aromatic heterocycles. The van der Waals surface area contributed by atoms with E-state index in [-0.39, 0.29) is 6.03 Å². The molecule has 3 rings (SSSR count). The number of nitrogens with zero attached hydrogens (tertiary/aromatic N) is 3. The van der Waals surface area contributed by atoms with Gasteiger partial charge in [-0.15, -0.1) is 11.3 Å². The fourth-order valence-electron chi connectivity index (χ4n) is 2.41. The van der Waals surface area contributed by atoms with Crippen molar-refractivity contribution in [3.63, 3.8) is 0 Å². The lowest BCUT2D eigenvalue weighted by Gasteiger charge is -2.26. The Hall–Kier alpha value is -2.15. The molecule has 6 nitrogen and oxygen atoms in total. The van der Waals surface area contributed by atoms with Crippen LogP contribution < -0.4 is 15.5 Å². The first-order valence-corrected chi connectivity index (χ1v) is 8.34. The van der Waals surface area contributed by atoms with Gasteiger partial charge in [0.1, 0.15) is 0 Å². The van der Waals surface area contributed by atoms with Gasteiger partial charge < -0.3 is 10.2 Å². The summed E-state index contributed by atoms with van der Waals surface area (Å²) in [5.74, 6) is 0.762. The zero-order valence-corrected chi connectivity index (χ0v) is 13.1. The van der Waals surface area contributed by atoms with Gasteiger partial charge in [0, 0.05) is 19.3 Å². The number of anilines is 2. The van der Waals surface area contributed by atoms with Gasteiger partial charge in [-0.1, -0.05) is 0 Å². The van der Waals surface area contributed by atoms with Gasteiger partial charge in [0.15, 0.2) is 0 Å². The van der Waals surface area contributed by atoms with Gasteiger partial charge in [-0.2, -0.15) is 0 Å². The molecule has 0 saturated carbocycles. The second-order valence-corrected chi connectivity index (χ2v) is 6.13. The van der Waals surface area contributed by atoms with Crippen molar-refractivity contribution >= 4 is 28.3 Å². The maximum atomic E-state index is 11.8. The van der Waals surface area contributed by atoms with E-state index in [1.807, 2.05) is 23.6 Å². The normalized spacial score (nSPS) is 14.6. The first kappa shape index (κ1) is 14.8. The lowest BCUT2D eigenvalue weighted by molar-refractivity contribution is 0.251. The number of nitrogens with one attached hydrogen (secondary N) is 2. The summed E-state index contributed by atoms with van der Waals surface area (Å²) in [4.78, 5) is 22.9. The highest BCUT2D eigenvalue weighted by Gasteiger charge is 2.13. The monoisotopic (exact) mass is 317 g/mol. The fourth-order valence-corrected chi connectivity index (χ4v) is 3.02. The number of thiophene rings is 1. The molecule has 7 heteroatoms. The second kappa shape index (κ2) is 7.22. The summed E-state index contributed by atoms with van der Waals surface area (Å²) < 4.78 is 0. The van der Waals surface area contributed by atoms with Crippen LogP contribution in [-0.4, -0.2) is 29.1 Å². The molecule has 2 N–H and O–H groups in total. The molecule has 0 aliphatic carbocycles. The van der Waals surface area contributed by atoms with Gasteiger partial charge >= 0.3 is 6.03 Å². The standard InChI is InChI=1S/C15H19N5OS/c21-15(19-13-5-4-10-22-13)17-11-12-6-7-16-14(18-12)20-8-2-1-3-9-20/h4-7,10H,1-3,8-9,11H2,(H2,17,19,21). The van der Waals surface area contributed by atoms with Gasteiger partial charge in [0.2, 0.25) is 5.95 Å². The number of piperidine rings is 1. The summed E-state index contributed by atoms with van der Waals surface area (Å²) in [6, 6.07) is 5.37. The molecule has 0 spiro atoms. The minimum Gasteiger partial charge on any atom is -0.341 e. The zero-order chi connectivity index (χ0) is 15.2.